The van der Waals surface area contributed by atoms with Crippen LogP contribution in [0.4, 0.5) is 0 Å². The topological polar surface area (TPSA) is 185 Å². The summed E-state index contributed by atoms with van der Waals surface area (Å²) in [5, 5.41) is 41.4. The first-order valence-corrected chi connectivity index (χ1v) is 6.33. The van der Waals surface area contributed by atoms with E-state index in [9.17, 15) is 25.2 Å². The molecule has 0 unspecified atom stereocenters. The number of aromatic hydroxyl groups is 4. The van der Waals surface area contributed by atoms with Crippen LogP contribution in [0.25, 0.3) is 0 Å². The lowest BCUT2D eigenvalue weighted by Crippen LogP contribution is -2.17. The summed E-state index contributed by atoms with van der Waals surface area (Å²) >= 11 is 5.76. The summed E-state index contributed by atoms with van der Waals surface area (Å²) in [6.07, 6.45) is 1.18. The third kappa shape index (κ3) is 4.74. The molecule has 0 saturated heterocycles. The SMILES string of the molecule is O.O.O=C(N/N=C/c1cc(Cl)ccc1O)c1cc(O)c(O)c(O)c1. The van der Waals surface area contributed by atoms with E-state index in [1.165, 1.54) is 24.4 Å². The van der Waals surface area contributed by atoms with E-state index in [1.807, 2.05) is 0 Å². The minimum atomic E-state index is -0.733. The van der Waals surface area contributed by atoms with E-state index < -0.39 is 23.2 Å². The van der Waals surface area contributed by atoms with Crippen molar-refractivity contribution in [3.63, 3.8) is 0 Å². The number of phenols is 4. The summed E-state index contributed by atoms with van der Waals surface area (Å²) in [5.41, 5.74) is 2.33. The molecule has 130 valence electrons. The van der Waals surface area contributed by atoms with Crippen molar-refractivity contribution in [1.29, 1.82) is 0 Å². The zero-order chi connectivity index (χ0) is 16.3. The van der Waals surface area contributed by atoms with E-state index >= 15 is 0 Å². The Hall–Kier alpha value is -3.01. The smallest absolute Gasteiger partial charge is 0.271 e. The highest BCUT2D eigenvalue weighted by molar-refractivity contribution is 6.30. The Bertz CT molecular complexity index is 742. The second-order valence-corrected chi connectivity index (χ2v) is 4.70. The maximum Gasteiger partial charge on any atom is 0.271 e. The molecule has 2 aromatic carbocycles. The van der Waals surface area contributed by atoms with Crippen molar-refractivity contribution >= 4 is 23.7 Å². The largest absolute Gasteiger partial charge is 0.507 e. The number of hydrogen-bond donors (Lipinski definition) is 5. The number of carbonyl (C=O) groups excluding carboxylic acids is 1. The van der Waals surface area contributed by atoms with Crippen molar-refractivity contribution in [2.45, 2.75) is 0 Å². The summed E-state index contributed by atoms with van der Waals surface area (Å²) in [6, 6.07) is 6.26. The fourth-order valence-corrected chi connectivity index (χ4v) is 1.77. The summed E-state index contributed by atoms with van der Waals surface area (Å²) in [5.74, 6) is -2.79. The molecule has 0 aromatic heterocycles. The Kier molecular flexibility index (Phi) is 7.50. The van der Waals surface area contributed by atoms with Crippen LogP contribution >= 0.6 is 11.6 Å². The molecule has 0 aliphatic heterocycles. The first kappa shape index (κ1) is 21.0. The highest BCUT2D eigenvalue weighted by atomic mass is 35.5. The summed E-state index contributed by atoms with van der Waals surface area (Å²) in [4.78, 5) is 11.8. The molecule has 0 fully saturated rings. The molecule has 0 atom stereocenters. The number of benzene rings is 2. The van der Waals surface area contributed by atoms with Gasteiger partial charge in [0.15, 0.2) is 17.2 Å². The fraction of sp³-hybridized carbons (Fsp3) is 0. The molecule has 0 aliphatic rings. The van der Waals surface area contributed by atoms with E-state index in [1.54, 1.807) is 0 Å². The Morgan fingerprint density at radius 1 is 1.00 bits per heavy atom. The summed E-state index contributed by atoms with van der Waals surface area (Å²) < 4.78 is 0. The molecule has 2 rings (SSSR count). The van der Waals surface area contributed by atoms with Gasteiger partial charge in [-0.15, -0.1) is 0 Å². The zero-order valence-electron chi connectivity index (χ0n) is 12.0. The molecule has 9 nitrogen and oxygen atoms in total. The van der Waals surface area contributed by atoms with Crippen LogP contribution in [0.5, 0.6) is 23.0 Å². The number of hydrazone groups is 1. The number of hydrogen-bond acceptors (Lipinski definition) is 6. The van der Waals surface area contributed by atoms with Gasteiger partial charge in [-0.25, -0.2) is 5.43 Å². The third-order valence-electron chi connectivity index (χ3n) is 2.69. The van der Waals surface area contributed by atoms with Crippen molar-refractivity contribution in [2.24, 2.45) is 5.10 Å². The standard InChI is InChI=1S/C14H11ClN2O5.2H2O/c15-9-1-2-10(18)8(3-9)6-16-17-14(22)7-4-11(19)13(21)12(20)5-7;;/h1-6,18-21H,(H,17,22);2*1H2/b16-6+;;. The monoisotopic (exact) mass is 358 g/mol. The van der Waals surface area contributed by atoms with Crippen molar-refractivity contribution in [3.05, 3.63) is 46.5 Å². The maximum absolute atomic E-state index is 11.8. The third-order valence-corrected chi connectivity index (χ3v) is 2.93. The predicted molar refractivity (Wildman–Crippen MR) is 86.8 cm³/mol. The van der Waals surface area contributed by atoms with Gasteiger partial charge < -0.3 is 31.4 Å². The van der Waals surface area contributed by atoms with Crippen LogP contribution < -0.4 is 5.43 Å². The molecule has 1 amide bonds. The van der Waals surface area contributed by atoms with Crippen LogP contribution in [0.1, 0.15) is 15.9 Å². The number of nitrogens with one attached hydrogen (secondary N) is 1. The number of rotatable bonds is 3. The maximum atomic E-state index is 11.8. The minimum absolute atomic E-state index is 0. The van der Waals surface area contributed by atoms with Crippen molar-refractivity contribution in [1.82, 2.24) is 5.43 Å². The van der Waals surface area contributed by atoms with E-state index in [4.69, 9.17) is 11.6 Å². The van der Waals surface area contributed by atoms with E-state index in [-0.39, 0.29) is 22.3 Å². The van der Waals surface area contributed by atoms with Crippen LogP contribution in [-0.4, -0.2) is 43.5 Å². The van der Waals surface area contributed by atoms with Gasteiger partial charge in [0.05, 0.1) is 6.21 Å². The van der Waals surface area contributed by atoms with E-state index in [0.717, 1.165) is 12.1 Å². The second kappa shape index (κ2) is 8.58. The molecule has 10 heteroatoms. The van der Waals surface area contributed by atoms with Gasteiger partial charge in [-0.2, -0.15) is 5.10 Å². The lowest BCUT2D eigenvalue weighted by atomic mass is 10.2. The van der Waals surface area contributed by atoms with Gasteiger partial charge in [0, 0.05) is 16.1 Å². The Labute approximate surface area is 140 Å². The normalized spacial score (nSPS) is 9.88. The van der Waals surface area contributed by atoms with Gasteiger partial charge in [0.1, 0.15) is 5.75 Å². The number of carbonyl (C=O) groups is 1. The van der Waals surface area contributed by atoms with Crippen LogP contribution in [0.2, 0.25) is 5.02 Å². The lowest BCUT2D eigenvalue weighted by molar-refractivity contribution is 0.0954. The number of halogens is 1. The first-order valence-electron chi connectivity index (χ1n) is 5.95. The molecular formula is C14H15ClN2O7. The molecule has 9 N–H and O–H groups in total. The molecule has 0 radical (unpaired) electrons. The number of amides is 1. The quantitative estimate of drug-likeness (QED) is 0.299. The van der Waals surface area contributed by atoms with E-state index in [0.29, 0.717) is 10.6 Å². The van der Waals surface area contributed by atoms with Crippen LogP contribution in [0.3, 0.4) is 0 Å². The molecular weight excluding hydrogens is 344 g/mol. The van der Waals surface area contributed by atoms with Gasteiger partial charge in [0.2, 0.25) is 0 Å². The summed E-state index contributed by atoms with van der Waals surface area (Å²) in [6.45, 7) is 0. The molecule has 0 spiro atoms. The highest BCUT2D eigenvalue weighted by Gasteiger charge is 2.12. The predicted octanol–water partition coefficient (Wildman–Crippen LogP) is 0.277. The van der Waals surface area contributed by atoms with Gasteiger partial charge in [0.25, 0.3) is 5.91 Å². The molecule has 0 aliphatic carbocycles. The van der Waals surface area contributed by atoms with Crippen LogP contribution in [0.15, 0.2) is 35.4 Å². The molecule has 0 bridgehead atoms. The average Bonchev–Trinajstić information content (AvgIpc) is 2.47. The average molecular weight is 359 g/mol. The van der Waals surface area contributed by atoms with Gasteiger partial charge in [-0.1, -0.05) is 11.6 Å². The molecule has 0 heterocycles. The van der Waals surface area contributed by atoms with Gasteiger partial charge in [-0.05, 0) is 30.3 Å². The molecule has 0 saturated carbocycles. The van der Waals surface area contributed by atoms with Gasteiger partial charge >= 0.3 is 0 Å². The number of nitrogens with zero attached hydrogens (tertiary/aromatic N) is 1. The lowest BCUT2D eigenvalue weighted by Gasteiger charge is -2.04. The zero-order valence-corrected chi connectivity index (χ0v) is 12.7. The first-order chi connectivity index (χ1) is 10.4. The second-order valence-electron chi connectivity index (χ2n) is 4.27. The number of phenolic OH excluding ortho intramolecular Hbond substituents is 4. The Morgan fingerprint density at radius 3 is 2.17 bits per heavy atom. The van der Waals surface area contributed by atoms with Crippen LogP contribution in [0, 0.1) is 0 Å². The van der Waals surface area contributed by atoms with Crippen molar-refractivity contribution in [2.75, 3.05) is 0 Å². The Balaban J connectivity index is 0.00000264. The van der Waals surface area contributed by atoms with Crippen LogP contribution in [-0.2, 0) is 0 Å². The minimum Gasteiger partial charge on any atom is -0.507 e. The molecule has 24 heavy (non-hydrogen) atoms. The molecule has 2 aromatic rings. The van der Waals surface area contributed by atoms with Crippen molar-refractivity contribution in [3.8, 4) is 23.0 Å². The highest BCUT2D eigenvalue weighted by Crippen LogP contribution is 2.35. The summed E-state index contributed by atoms with van der Waals surface area (Å²) in [7, 11) is 0. The van der Waals surface area contributed by atoms with Crippen molar-refractivity contribution < 1.29 is 36.2 Å². The van der Waals surface area contributed by atoms with E-state index in [2.05, 4.69) is 10.5 Å². The Morgan fingerprint density at radius 2 is 1.58 bits per heavy atom. The fourth-order valence-electron chi connectivity index (χ4n) is 1.59. The van der Waals surface area contributed by atoms with Gasteiger partial charge in [-0.3, -0.25) is 4.79 Å².